The third-order valence-corrected chi connectivity index (χ3v) is 4.01. The van der Waals surface area contributed by atoms with Crippen LogP contribution in [0.25, 0.3) is 0 Å². The molecule has 0 aromatic heterocycles. The van der Waals surface area contributed by atoms with Gasteiger partial charge in [-0.2, -0.15) is 0 Å². The largest absolute Gasteiger partial charge is 0.382 e. The Morgan fingerprint density at radius 3 is 2.60 bits per heavy atom. The molecule has 1 aromatic carbocycles. The first kappa shape index (κ1) is 14.9. The topological polar surface area (TPSA) is 50.4 Å². The lowest BCUT2D eigenvalue weighted by Gasteiger charge is -2.29. The van der Waals surface area contributed by atoms with E-state index in [1.165, 1.54) is 0 Å². The molecular formula is C16H24N2O2. The Morgan fingerprint density at radius 2 is 1.95 bits per heavy atom. The number of rotatable bonds is 5. The van der Waals surface area contributed by atoms with E-state index >= 15 is 0 Å². The number of hydrogen-bond donors (Lipinski definition) is 2. The van der Waals surface area contributed by atoms with Crippen LogP contribution in [0, 0.1) is 0 Å². The van der Waals surface area contributed by atoms with Gasteiger partial charge in [0, 0.05) is 25.9 Å². The van der Waals surface area contributed by atoms with Crippen molar-refractivity contribution >= 4 is 11.6 Å². The lowest BCUT2D eigenvalue weighted by molar-refractivity contribution is -0.119. The molecule has 1 amide bonds. The molecule has 1 aromatic rings. The zero-order valence-electron chi connectivity index (χ0n) is 12.3. The van der Waals surface area contributed by atoms with Gasteiger partial charge in [-0.25, -0.2) is 0 Å². The quantitative estimate of drug-likeness (QED) is 0.868. The molecule has 1 aliphatic rings. The number of carbonyl (C=O) groups excluding carboxylic acids is 1. The maximum absolute atomic E-state index is 11.6. The summed E-state index contributed by atoms with van der Waals surface area (Å²) in [5.41, 5.74) is 2.14. The average Bonchev–Trinajstić information content (AvgIpc) is 2.50. The maximum Gasteiger partial charge on any atom is 0.224 e. The molecular weight excluding hydrogens is 252 g/mol. The second-order valence-corrected chi connectivity index (χ2v) is 5.36. The van der Waals surface area contributed by atoms with Crippen molar-refractivity contribution in [3.8, 4) is 0 Å². The molecule has 0 saturated heterocycles. The molecule has 0 aliphatic heterocycles. The van der Waals surface area contributed by atoms with Gasteiger partial charge < -0.3 is 15.4 Å². The van der Waals surface area contributed by atoms with Crippen LogP contribution in [0.15, 0.2) is 24.3 Å². The summed E-state index contributed by atoms with van der Waals surface area (Å²) >= 11 is 0. The Labute approximate surface area is 120 Å². The van der Waals surface area contributed by atoms with Crippen molar-refractivity contribution in [3.05, 3.63) is 29.8 Å². The van der Waals surface area contributed by atoms with Crippen LogP contribution in [-0.4, -0.2) is 32.2 Å². The predicted molar refractivity (Wildman–Crippen MR) is 80.9 cm³/mol. The molecule has 2 rings (SSSR count). The third-order valence-electron chi connectivity index (χ3n) is 4.01. The number of likely N-dealkylation sites (N-methyl/N-ethyl adjacent to an activating group) is 1. The van der Waals surface area contributed by atoms with Crippen molar-refractivity contribution in [3.63, 3.8) is 0 Å². The number of anilines is 1. The number of hydrogen-bond acceptors (Lipinski definition) is 3. The molecule has 20 heavy (non-hydrogen) atoms. The van der Waals surface area contributed by atoms with Crippen LogP contribution >= 0.6 is 0 Å². The van der Waals surface area contributed by atoms with Crippen LogP contribution in [0.1, 0.15) is 31.2 Å². The number of carbonyl (C=O) groups is 1. The molecule has 0 heterocycles. The van der Waals surface area contributed by atoms with E-state index in [4.69, 9.17) is 4.74 Å². The van der Waals surface area contributed by atoms with Crippen molar-refractivity contribution in [2.75, 3.05) is 19.5 Å². The molecule has 1 aliphatic carbocycles. The predicted octanol–water partition coefficient (Wildman–Crippen LogP) is 2.34. The lowest BCUT2D eigenvalue weighted by atomic mass is 9.92. The zero-order valence-corrected chi connectivity index (χ0v) is 12.3. The molecule has 0 spiro atoms. The van der Waals surface area contributed by atoms with E-state index in [1.54, 1.807) is 14.2 Å². The van der Waals surface area contributed by atoms with Gasteiger partial charge in [0.25, 0.3) is 0 Å². The summed E-state index contributed by atoms with van der Waals surface area (Å²) in [5.74, 6) is 0.0438. The fourth-order valence-corrected chi connectivity index (χ4v) is 2.74. The Balaban J connectivity index is 1.97. The summed E-state index contributed by atoms with van der Waals surface area (Å²) in [5, 5.41) is 6.26. The minimum absolute atomic E-state index is 0.0438. The van der Waals surface area contributed by atoms with Crippen molar-refractivity contribution < 1.29 is 9.53 Å². The molecule has 2 N–H and O–H groups in total. The van der Waals surface area contributed by atoms with E-state index in [1.807, 2.05) is 18.2 Å². The minimum Gasteiger partial charge on any atom is -0.382 e. The molecule has 0 bridgehead atoms. The summed E-state index contributed by atoms with van der Waals surface area (Å²) in [7, 11) is 3.46. The molecule has 0 unspecified atom stereocenters. The van der Waals surface area contributed by atoms with Gasteiger partial charge in [-0.3, -0.25) is 4.79 Å². The minimum atomic E-state index is 0.0438. The maximum atomic E-state index is 11.6. The van der Waals surface area contributed by atoms with Crippen LogP contribution in [0.3, 0.4) is 0 Å². The van der Waals surface area contributed by atoms with Crippen LogP contribution in [0.4, 0.5) is 5.69 Å². The zero-order chi connectivity index (χ0) is 14.4. The molecule has 110 valence electrons. The second-order valence-electron chi connectivity index (χ2n) is 5.36. The first-order valence-corrected chi connectivity index (χ1v) is 7.30. The van der Waals surface area contributed by atoms with E-state index in [2.05, 4.69) is 16.7 Å². The number of para-hydroxylation sites is 1. The summed E-state index contributed by atoms with van der Waals surface area (Å²) in [6, 6.07) is 8.54. The fraction of sp³-hybridized carbons (Fsp3) is 0.562. The molecule has 0 atom stereocenters. The van der Waals surface area contributed by atoms with E-state index in [-0.39, 0.29) is 5.91 Å². The van der Waals surface area contributed by atoms with E-state index in [0.717, 1.165) is 36.9 Å². The molecule has 4 heteroatoms. The van der Waals surface area contributed by atoms with Gasteiger partial charge in [-0.1, -0.05) is 18.2 Å². The highest BCUT2D eigenvalue weighted by atomic mass is 16.5. The Kier molecular flexibility index (Phi) is 5.41. The van der Waals surface area contributed by atoms with Gasteiger partial charge >= 0.3 is 0 Å². The van der Waals surface area contributed by atoms with Crippen LogP contribution in [-0.2, 0) is 16.0 Å². The van der Waals surface area contributed by atoms with Crippen molar-refractivity contribution in [2.45, 2.75) is 44.2 Å². The highest BCUT2D eigenvalue weighted by Gasteiger charge is 2.21. The third kappa shape index (κ3) is 3.97. The first-order valence-electron chi connectivity index (χ1n) is 7.30. The van der Waals surface area contributed by atoms with Gasteiger partial charge in [-0.05, 0) is 37.3 Å². The number of ether oxygens (including phenoxy) is 1. The summed E-state index contributed by atoms with van der Waals surface area (Å²) < 4.78 is 5.40. The summed E-state index contributed by atoms with van der Waals surface area (Å²) in [6.07, 6.45) is 5.28. The van der Waals surface area contributed by atoms with E-state index in [0.29, 0.717) is 18.6 Å². The van der Waals surface area contributed by atoms with Crippen molar-refractivity contribution in [2.24, 2.45) is 0 Å². The lowest BCUT2D eigenvalue weighted by Crippen LogP contribution is -2.30. The van der Waals surface area contributed by atoms with Gasteiger partial charge in [0.05, 0.1) is 12.5 Å². The van der Waals surface area contributed by atoms with Gasteiger partial charge in [0.2, 0.25) is 5.91 Å². The average molecular weight is 276 g/mol. The SMILES string of the molecule is CNC(=O)Cc1ccccc1NC1CCC(OC)CC1. The molecule has 1 saturated carbocycles. The second kappa shape index (κ2) is 7.29. The van der Waals surface area contributed by atoms with Crippen LogP contribution < -0.4 is 10.6 Å². The highest BCUT2D eigenvalue weighted by molar-refractivity contribution is 5.80. The van der Waals surface area contributed by atoms with E-state index < -0.39 is 0 Å². The molecule has 1 fully saturated rings. The summed E-state index contributed by atoms with van der Waals surface area (Å²) in [6.45, 7) is 0. The molecule has 0 radical (unpaired) electrons. The Morgan fingerprint density at radius 1 is 1.25 bits per heavy atom. The monoisotopic (exact) mass is 276 g/mol. The van der Waals surface area contributed by atoms with Crippen LogP contribution in [0.2, 0.25) is 0 Å². The van der Waals surface area contributed by atoms with Crippen molar-refractivity contribution in [1.82, 2.24) is 5.32 Å². The van der Waals surface area contributed by atoms with Crippen LogP contribution in [0.5, 0.6) is 0 Å². The number of methoxy groups -OCH3 is 1. The van der Waals surface area contributed by atoms with Crippen molar-refractivity contribution in [1.29, 1.82) is 0 Å². The van der Waals surface area contributed by atoms with Gasteiger partial charge in [-0.15, -0.1) is 0 Å². The first-order chi connectivity index (χ1) is 9.72. The van der Waals surface area contributed by atoms with Gasteiger partial charge in [0.1, 0.15) is 0 Å². The normalized spacial score (nSPS) is 22.3. The number of nitrogens with one attached hydrogen (secondary N) is 2. The van der Waals surface area contributed by atoms with E-state index in [9.17, 15) is 4.79 Å². The highest BCUT2D eigenvalue weighted by Crippen LogP contribution is 2.25. The Bertz CT molecular complexity index is 440. The smallest absolute Gasteiger partial charge is 0.224 e. The molecule has 4 nitrogen and oxygen atoms in total. The number of benzene rings is 1. The fourth-order valence-electron chi connectivity index (χ4n) is 2.74. The number of amides is 1. The van der Waals surface area contributed by atoms with Gasteiger partial charge in [0.15, 0.2) is 0 Å². The standard InChI is InChI=1S/C16H24N2O2/c1-17-16(19)11-12-5-3-4-6-15(12)18-13-7-9-14(20-2)10-8-13/h3-6,13-14,18H,7-11H2,1-2H3,(H,17,19). The summed E-state index contributed by atoms with van der Waals surface area (Å²) in [4.78, 5) is 11.6. The Hall–Kier alpha value is -1.55.